The zero-order valence-electron chi connectivity index (χ0n) is 20.7. The van der Waals surface area contributed by atoms with E-state index in [0.29, 0.717) is 49.1 Å². The second-order valence-corrected chi connectivity index (χ2v) is 8.75. The fourth-order valence-electron chi connectivity index (χ4n) is 4.32. The number of ether oxygens (including phenoxy) is 3. The van der Waals surface area contributed by atoms with Crippen LogP contribution in [0.4, 0.5) is 5.69 Å². The number of para-hydroxylation sites is 2. The van der Waals surface area contributed by atoms with Crippen LogP contribution in [-0.2, 0) is 22.4 Å². The van der Waals surface area contributed by atoms with Gasteiger partial charge in [-0.1, -0.05) is 48.5 Å². The molecule has 0 bridgehead atoms. The summed E-state index contributed by atoms with van der Waals surface area (Å²) in [7, 11) is 3.20. The molecule has 1 fully saturated rings. The highest BCUT2D eigenvalue weighted by atomic mass is 16.5. The van der Waals surface area contributed by atoms with Gasteiger partial charge in [0.05, 0.1) is 32.4 Å². The van der Waals surface area contributed by atoms with Gasteiger partial charge in [0.15, 0.2) is 11.5 Å². The van der Waals surface area contributed by atoms with Gasteiger partial charge in [0.2, 0.25) is 11.8 Å². The van der Waals surface area contributed by atoms with E-state index in [1.54, 1.807) is 19.1 Å². The van der Waals surface area contributed by atoms with Crippen molar-refractivity contribution in [1.82, 2.24) is 4.90 Å². The molecule has 1 N–H and O–H groups in total. The zero-order valence-corrected chi connectivity index (χ0v) is 20.7. The molecule has 1 unspecified atom stereocenters. The molecule has 188 valence electrons. The summed E-state index contributed by atoms with van der Waals surface area (Å²) >= 11 is 0. The summed E-state index contributed by atoms with van der Waals surface area (Å²) in [6.07, 6.45) is 1.64. The molecule has 7 heteroatoms. The van der Waals surface area contributed by atoms with Gasteiger partial charge in [-0.2, -0.15) is 0 Å². The molecular weight excluding hydrogens is 456 g/mol. The smallest absolute Gasteiger partial charge is 0.229 e. The number of carbonyl (C=O) groups is 2. The van der Waals surface area contributed by atoms with E-state index < -0.39 is 5.92 Å². The number of nitrogens with one attached hydrogen (secondary N) is 1. The van der Waals surface area contributed by atoms with Crippen molar-refractivity contribution in [2.45, 2.75) is 19.3 Å². The molecule has 0 aliphatic carbocycles. The first kappa shape index (κ1) is 25.1. The Kier molecular flexibility index (Phi) is 8.44. The maximum Gasteiger partial charge on any atom is 0.229 e. The van der Waals surface area contributed by atoms with E-state index in [1.807, 2.05) is 60.7 Å². The summed E-state index contributed by atoms with van der Waals surface area (Å²) in [5.74, 6) is 1.36. The average Bonchev–Trinajstić information content (AvgIpc) is 3.29. The topological polar surface area (TPSA) is 77.1 Å². The molecule has 4 rings (SSSR count). The molecule has 36 heavy (non-hydrogen) atoms. The van der Waals surface area contributed by atoms with Crippen LogP contribution in [0.5, 0.6) is 17.2 Å². The number of rotatable bonds is 11. The van der Waals surface area contributed by atoms with Gasteiger partial charge in [0.1, 0.15) is 5.75 Å². The Morgan fingerprint density at radius 1 is 0.889 bits per heavy atom. The van der Waals surface area contributed by atoms with Gasteiger partial charge in [-0.3, -0.25) is 9.59 Å². The van der Waals surface area contributed by atoms with Crippen LogP contribution in [0, 0.1) is 5.92 Å². The predicted molar refractivity (Wildman–Crippen MR) is 139 cm³/mol. The standard InChI is InChI=1S/C29H32N2O5/c1-34-26-13-12-22(18-27(26)35-2)14-16-31-20-23(19-28(31)32)29(33)30-24-10-6-7-11-25(24)36-17-15-21-8-4-3-5-9-21/h3-13,18,23H,14-17,19-20H2,1-2H3,(H,30,33). The van der Waals surface area contributed by atoms with Gasteiger partial charge in [0.25, 0.3) is 0 Å². The van der Waals surface area contributed by atoms with E-state index >= 15 is 0 Å². The molecule has 0 aromatic heterocycles. The predicted octanol–water partition coefficient (Wildman–Crippen LogP) is 4.36. The fourth-order valence-corrected chi connectivity index (χ4v) is 4.32. The van der Waals surface area contributed by atoms with Crippen molar-refractivity contribution < 1.29 is 23.8 Å². The van der Waals surface area contributed by atoms with Crippen molar-refractivity contribution in [3.05, 3.63) is 83.9 Å². The number of hydrogen-bond donors (Lipinski definition) is 1. The molecule has 0 radical (unpaired) electrons. The van der Waals surface area contributed by atoms with Crippen molar-refractivity contribution in [3.8, 4) is 17.2 Å². The van der Waals surface area contributed by atoms with E-state index in [1.165, 1.54) is 5.56 Å². The third-order valence-electron chi connectivity index (χ3n) is 6.34. The van der Waals surface area contributed by atoms with Crippen LogP contribution in [-0.4, -0.2) is 50.6 Å². The molecule has 7 nitrogen and oxygen atoms in total. The summed E-state index contributed by atoms with van der Waals surface area (Å²) in [5, 5.41) is 2.97. The SMILES string of the molecule is COc1ccc(CCN2CC(C(=O)Nc3ccccc3OCCc3ccccc3)CC2=O)cc1OC. The molecule has 1 heterocycles. The number of anilines is 1. The Morgan fingerprint density at radius 3 is 2.42 bits per heavy atom. The third-order valence-corrected chi connectivity index (χ3v) is 6.34. The highest BCUT2D eigenvalue weighted by molar-refractivity contribution is 5.98. The average molecular weight is 489 g/mol. The zero-order chi connectivity index (χ0) is 25.3. The van der Waals surface area contributed by atoms with Crippen molar-refractivity contribution in [2.75, 3.05) is 39.2 Å². The molecule has 3 aromatic rings. The largest absolute Gasteiger partial charge is 0.493 e. The lowest BCUT2D eigenvalue weighted by Crippen LogP contribution is -2.30. The highest BCUT2D eigenvalue weighted by Crippen LogP contribution is 2.29. The van der Waals surface area contributed by atoms with Crippen molar-refractivity contribution in [2.24, 2.45) is 5.92 Å². The normalized spacial score (nSPS) is 15.0. The van der Waals surface area contributed by atoms with Crippen LogP contribution in [0.15, 0.2) is 72.8 Å². The van der Waals surface area contributed by atoms with Crippen LogP contribution < -0.4 is 19.5 Å². The van der Waals surface area contributed by atoms with E-state index in [2.05, 4.69) is 17.4 Å². The van der Waals surface area contributed by atoms with E-state index in [9.17, 15) is 9.59 Å². The first-order valence-electron chi connectivity index (χ1n) is 12.1. The third kappa shape index (κ3) is 6.36. The number of likely N-dealkylation sites (tertiary alicyclic amines) is 1. The first-order chi connectivity index (χ1) is 17.6. The quantitative estimate of drug-likeness (QED) is 0.434. The summed E-state index contributed by atoms with van der Waals surface area (Å²) in [6.45, 7) is 1.44. The van der Waals surface area contributed by atoms with Crippen LogP contribution in [0.25, 0.3) is 0 Å². The maximum absolute atomic E-state index is 13.0. The van der Waals surface area contributed by atoms with Gasteiger partial charge in [-0.15, -0.1) is 0 Å². The van der Waals surface area contributed by atoms with Crippen LogP contribution in [0.3, 0.4) is 0 Å². The van der Waals surface area contributed by atoms with E-state index in [0.717, 1.165) is 12.0 Å². The lowest BCUT2D eigenvalue weighted by atomic mass is 10.1. The molecule has 2 amide bonds. The number of carbonyl (C=O) groups excluding carboxylic acids is 2. The second kappa shape index (κ2) is 12.1. The highest BCUT2D eigenvalue weighted by Gasteiger charge is 2.34. The van der Waals surface area contributed by atoms with Gasteiger partial charge in [-0.05, 0) is 41.8 Å². The number of hydrogen-bond acceptors (Lipinski definition) is 5. The molecule has 1 saturated heterocycles. The summed E-state index contributed by atoms with van der Waals surface area (Å²) in [6, 6.07) is 23.2. The van der Waals surface area contributed by atoms with Crippen LogP contribution >= 0.6 is 0 Å². The molecule has 3 aromatic carbocycles. The number of amides is 2. The molecule has 1 atom stereocenters. The lowest BCUT2D eigenvalue weighted by molar-refractivity contribution is -0.128. The molecule has 0 spiro atoms. The van der Waals surface area contributed by atoms with Gasteiger partial charge in [-0.25, -0.2) is 0 Å². The maximum atomic E-state index is 13.0. The Labute approximate surface area is 212 Å². The fraction of sp³-hybridized carbons (Fsp3) is 0.310. The van der Waals surface area contributed by atoms with Crippen molar-refractivity contribution >= 4 is 17.5 Å². The summed E-state index contributed by atoms with van der Waals surface area (Å²) in [4.78, 5) is 27.4. The molecule has 1 aliphatic heterocycles. The summed E-state index contributed by atoms with van der Waals surface area (Å²) < 4.78 is 16.6. The van der Waals surface area contributed by atoms with Gasteiger partial charge < -0.3 is 24.4 Å². The minimum atomic E-state index is -0.403. The Hall–Kier alpha value is -4.00. The number of methoxy groups -OCH3 is 2. The van der Waals surface area contributed by atoms with Gasteiger partial charge >= 0.3 is 0 Å². The molecule has 1 aliphatic rings. The van der Waals surface area contributed by atoms with Crippen LogP contribution in [0.1, 0.15) is 17.5 Å². The second-order valence-electron chi connectivity index (χ2n) is 8.75. The lowest BCUT2D eigenvalue weighted by Gasteiger charge is -2.18. The number of nitrogens with zero attached hydrogens (tertiary/aromatic N) is 1. The van der Waals surface area contributed by atoms with E-state index in [-0.39, 0.29) is 18.2 Å². The monoisotopic (exact) mass is 488 g/mol. The van der Waals surface area contributed by atoms with Crippen molar-refractivity contribution in [1.29, 1.82) is 0 Å². The Bertz CT molecular complexity index is 1180. The Balaban J connectivity index is 1.30. The van der Waals surface area contributed by atoms with Crippen LogP contribution in [0.2, 0.25) is 0 Å². The number of benzene rings is 3. The summed E-state index contributed by atoms with van der Waals surface area (Å²) in [5.41, 5.74) is 2.85. The molecular formula is C29H32N2O5. The minimum Gasteiger partial charge on any atom is -0.493 e. The minimum absolute atomic E-state index is 0.0111. The molecule has 0 saturated carbocycles. The first-order valence-corrected chi connectivity index (χ1v) is 12.1. The van der Waals surface area contributed by atoms with Gasteiger partial charge in [0, 0.05) is 25.9 Å². The Morgan fingerprint density at radius 2 is 1.64 bits per heavy atom. The van der Waals surface area contributed by atoms with Crippen molar-refractivity contribution in [3.63, 3.8) is 0 Å². The van der Waals surface area contributed by atoms with E-state index in [4.69, 9.17) is 14.2 Å².